The molecule has 0 spiro atoms. The van der Waals surface area contributed by atoms with E-state index in [1.54, 1.807) is 0 Å². The summed E-state index contributed by atoms with van der Waals surface area (Å²) in [6.45, 7) is 10.4. The Hall–Kier alpha value is -0.120. The Labute approximate surface area is 104 Å². The van der Waals surface area contributed by atoms with Crippen LogP contribution in [0.25, 0.3) is 0 Å². The summed E-state index contributed by atoms with van der Waals surface area (Å²) in [5.41, 5.74) is -0.0443. The average Bonchev–Trinajstić information content (AvgIpc) is 2.78. The molecule has 2 saturated carbocycles. The summed E-state index contributed by atoms with van der Waals surface area (Å²) in [7, 11) is 0. The predicted octanol–water partition coefficient (Wildman–Crippen LogP) is 1.50. The molecule has 1 aliphatic heterocycles. The fraction of sp³-hybridized carbons (Fsp3) is 1.00. The first-order valence-corrected chi connectivity index (χ1v) is 6.97. The van der Waals surface area contributed by atoms with Gasteiger partial charge in [0, 0.05) is 19.1 Å². The number of hydrogen-bond acceptors (Lipinski definition) is 3. The molecule has 3 unspecified atom stereocenters. The zero-order chi connectivity index (χ0) is 12.3. The monoisotopic (exact) mass is 239 g/mol. The summed E-state index contributed by atoms with van der Waals surface area (Å²) < 4.78 is 5.41. The molecule has 1 N–H and O–H groups in total. The molecule has 1 heterocycles. The van der Waals surface area contributed by atoms with Gasteiger partial charge in [0.2, 0.25) is 0 Å². The highest BCUT2D eigenvalue weighted by atomic mass is 16.5. The summed E-state index contributed by atoms with van der Waals surface area (Å²) in [5.74, 6) is 1.57. The molecule has 17 heavy (non-hydrogen) atoms. The smallest absolute Gasteiger partial charge is 0.0777 e. The predicted molar refractivity (Wildman–Crippen MR) is 66.8 cm³/mol. The second-order valence-electron chi connectivity index (χ2n) is 7.00. The van der Waals surface area contributed by atoms with Crippen molar-refractivity contribution in [3.05, 3.63) is 0 Å². The Morgan fingerprint density at radius 2 is 1.76 bits per heavy atom. The van der Waals surface area contributed by atoms with Crippen LogP contribution in [0.5, 0.6) is 0 Å². The lowest BCUT2D eigenvalue weighted by Gasteiger charge is -2.45. The minimum atomic E-state index is -0.508. The first-order chi connectivity index (χ1) is 7.93. The third-order valence-electron chi connectivity index (χ3n) is 5.60. The van der Waals surface area contributed by atoms with Crippen LogP contribution in [-0.2, 0) is 4.74 Å². The number of hydrogen-bond donors (Lipinski definition) is 1. The quantitative estimate of drug-likeness (QED) is 0.753. The van der Waals surface area contributed by atoms with Crippen LogP contribution in [0.15, 0.2) is 0 Å². The number of rotatable bonds is 1. The fourth-order valence-corrected chi connectivity index (χ4v) is 4.24. The van der Waals surface area contributed by atoms with Gasteiger partial charge >= 0.3 is 0 Å². The van der Waals surface area contributed by atoms with Crippen LogP contribution in [0.3, 0.4) is 0 Å². The van der Waals surface area contributed by atoms with Gasteiger partial charge in [0.25, 0.3) is 0 Å². The van der Waals surface area contributed by atoms with Crippen LogP contribution in [0.2, 0.25) is 0 Å². The molecule has 1 saturated heterocycles. The van der Waals surface area contributed by atoms with Crippen molar-refractivity contribution in [2.24, 2.45) is 17.3 Å². The molecule has 0 aromatic heterocycles. The minimum absolute atomic E-state index is 0.342. The van der Waals surface area contributed by atoms with E-state index in [1.807, 2.05) is 6.92 Å². The zero-order valence-corrected chi connectivity index (χ0v) is 11.3. The first kappa shape index (κ1) is 11.9. The summed E-state index contributed by atoms with van der Waals surface area (Å²) in [5, 5.41) is 10.7. The maximum Gasteiger partial charge on any atom is 0.0777 e. The van der Waals surface area contributed by atoms with E-state index in [0.29, 0.717) is 11.5 Å². The van der Waals surface area contributed by atoms with E-state index in [9.17, 15) is 5.11 Å². The maximum absolute atomic E-state index is 10.7. The molecule has 0 bridgehead atoms. The highest BCUT2D eigenvalue weighted by Crippen LogP contribution is 2.66. The van der Waals surface area contributed by atoms with Gasteiger partial charge in [-0.2, -0.15) is 0 Å². The van der Waals surface area contributed by atoms with E-state index in [1.165, 1.54) is 6.42 Å². The molecule has 98 valence electrons. The second kappa shape index (κ2) is 3.69. The Balaban J connectivity index is 1.75. The molecule has 4 atom stereocenters. The van der Waals surface area contributed by atoms with Crippen LogP contribution in [0.1, 0.15) is 33.6 Å². The van der Waals surface area contributed by atoms with Gasteiger partial charge in [-0.15, -0.1) is 0 Å². The first-order valence-electron chi connectivity index (χ1n) is 6.97. The third-order valence-corrected chi connectivity index (χ3v) is 5.60. The summed E-state index contributed by atoms with van der Waals surface area (Å²) in [6, 6.07) is 0.342. The van der Waals surface area contributed by atoms with Crippen molar-refractivity contribution < 1.29 is 9.84 Å². The van der Waals surface area contributed by atoms with Gasteiger partial charge in [-0.3, -0.25) is 4.90 Å². The normalized spacial score (nSPS) is 49.8. The second-order valence-corrected chi connectivity index (χ2v) is 7.00. The molecule has 0 aromatic carbocycles. The Bertz CT molecular complexity index is 307. The van der Waals surface area contributed by atoms with Crippen LogP contribution >= 0.6 is 0 Å². The highest BCUT2D eigenvalue weighted by Gasteiger charge is 2.64. The van der Waals surface area contributed by atoms with Crippen LogP contribution in [0, 0.1) is 17.3 Å². The highest BCUT2D eigenvalue weighted by molar-refractivity contribution is 5.14. The van der Waals surface area contributed by atoms with Crippen LogP contribution < -0.4 is 0 Å². The molecule has 3 aliphatic rings. The summed E-state index contributed by atoms with van der Waals surface area (Å²) in [6.07, 6.45) is 2.15. The number of fused-ring (bicyclic) bond motifs is 1. The van der Waals surface area contributed by atoms with Crippen molar-refractivity contribution in [3.8, 4) is 0 Å². The van der Waals surface area contributed by atoms with Gasteiger partial charge < -0.3 is 9.84 Å². The van der Waals surface area contributed by atoms with Gasteiger partial charge in [-0.1, -0.05) is 13.8 Å². The maximum atomic E-state index is 10.7. The summed E-state index contributed by atoms with van der Waals surface area (Å²) in [4.78, 5) is 2.45. The lowest BCUT2D eigenvalue weighted by atomic mass is 9.80. The molecule has 0 radical (unpaired) electrons. The molecule has 0 aromatic rings. The molecule has 3 fully saturated rings. The number of morpholine rings is 1. The molecule has 3 rings (SSSR count). The Morgan fingerprint density at radius 3 is 2.41 bits per heavy atom. The van der Waals surface area contributed by atoms with Crippen molar-refractivity contribution in [2.45, 2.75) is 45.3 Å². The van der Waals surface area contributed by atoms with Crippen molar-refractivity contribution >= 4 is 0 Å². The van der Waals surface area contributed by atoms with Crippen molar-refractivity contribution in [3.63, 3.8) is 0 Å². The van der Waals surface area contributed by atoms with Crippen LogP contribution in [0.4, 0.5) is 0 Å². The van der Waals surface area contributed by atoms with Crippen molar-refractivity contribution in [1.82, 2.24) is 4.90 Å². The number of aliphatic hydroxyl groups is 1. The van der Waals surface area contributed by atoms with Gasteiger partial charge in [-0.05, 0) is 37.0 Å². The minimum Gasteiger partial charge on any atom is -0.389 e. The van der Waals surface area contributed by atoms with Gasteiger partial charge in [0.05, 0.1) is 18.8 Å². The lowest BCUT2D eigenvalue weighted by molar-refractivity contribution is -0.0890. The Kier molecular flexibility index (Phi) is 2.59. The third kappa shape index (κ3) is 1.83. The Morgan fingerprint density at radius 1 is 1.12 bits per heavy atom. The standard InChI is InChI=1S/C14H25NO2/c1-13(2)10-8-12(14(3,16)9-11(10)13)15-4-6-17-7-5-15/h10-12,16H,4-9H2,1-3H3/t10?,11?,12?,14-/m0/s1. The lowest BCUT2D eigenvalue weighted by Crippen LogP contribution is -2.56. The van der Waals surface area contributed by atoms with E-state index >= 15 is 0 Å². The molecule has 0 amide bonds. The zero-order valence-electron chi connectivity index (χ0n) is 11.3. The van der Waals surface area contributed by atoms with Gasteiger partial charge in [-0.25, -0.2) is 0 Å². The molecular formula is C14H25NO2. The van der Waals surface area contributed by atoms with Gasteiger partial charge in [0.1, 0.15) is 0 Å². The van der Waals surface area contributed by atoms with Crippen LogP contribution in [-0.4, -0.2) is 48.0 Å². The largest absolute Gasteiger partial charge is 0.389 e. The van der Waals surface area contributed by atoms with Gasteiger partial charge in [0.15, 0.2) is 0 Å². The van der Waals surface area contributed by atoms with E-state index in [0.717, 1.165) is 44.6 Å². The number of nitrogens with zero attached hydrogens (tertiary/aromatic N) is 1. The SMILES string of the molecule is CC1(C)C2CC(N3CCOCC3)[C@@](C)(O)CC21. The average molecular weight is 239 g/mol. The molecule has 2 aliphatic carbocycles. The number of ether oxygens (including phenoxy) is 1. The van der Waals surface area contributed by atoms with E-state index in [2.05, 4.69) is 18.7 Å². The molecule has 3 nitrogen and oxygen atoms in total. The van der Waals surface area contributed by atoms with E-state index < -0.39 is 5.60 Å². The van der Waals surface area contributed by atoms with Crippen molar-refractivity contribution in [1.29, 1.82) is 0 Å². The molecular weight excluding hydrogens is 214 g/mol. The topological polar surface area (TPSA) is 32.7 Å². The van der Waals surface area contributed by atoms with E-state index in [-0.39, 0.29) is 0 Å². The van der Waals surface area contributed by atoms with Crippen molar-refractivity contribution in [2.75, 3.05) is 26.3 Å². The fourth-order valence-electron chi connectivity index (χ4n) is 4.24. The summed E-state index contributed by atoms with van der Waals surface area (Å²) >= 11 is 0. The van der Waals surface area contributed by atoms with E-state index in [4.69, 9.17) is 4.74 Å². The molecule has 3 heteroatoms.